The number of thioether (sulfide) groups is 1. The lowest BCUT2D eigenvalue weighted by Gasteiger charge is -2.25. The number of methoxy groups -OCH3 is 1. The van der Waals surface area contributed by atoms with Crippen LogP contribution < -0.4 is 24.4 Å². The number of thiazole rings is 1. The van der Waals surface area contributed by atoms with Crippen molar-refractivity contribution in [2.75, 3.05) is 26.6 Å². The van der Waals surface area contributed by atoms with Crippen LogP contribution >= 0.6 is 45.7 Å². The van der Waals surface area contributed by atoms with E-state index in [0.29, 0.717) is 41.2 Å². The Kier molecular flexibility index (Phi) is 10.5. The van der Waals surface area contributed by atoms with Gasteiger partial charge in [0.2, 0.25) is 0 Å². The molecule has 9 nitrogen and oxygen atoms in total. The Morgan fingerprint density at radius 1 is 1.21 bits per heavy atom. The fourth-order valence-electron chi connectivity index (χ4n) is 4.41. The van der Waals surface area contributed by atoms with Crippen LogP contribution in [0.15, 0.2) is 62.4 Å². The lowest BCUT2D eigenvalue weighted by molar-refractivity contribution is -0.145. The average Bonchev–Trinajstić information content (AvgIpc) is 3.25. The van der Waals surface area contributed by atoms with Crippen LogP contribution in [-0.2, 0) is 19.1 Å². The third-order valence-electron chi connectivity index (χ3n) is 6.21. The van der Waals surface area contributed by atoms with Gasteiger partial charge < -0.3 is 18.9 Å². The van der Waals surface area contributed by atoms with Gasteiger partial charge in [-0.1, -0.05) is 23.5 Å². The largest absolute Gasteiger partial charge is 0.493 e. The van der Waals surface area contributed by atoms with Gasteiger partial charge in [0.1, 0.15) is 0 Å². The molecule has 0 bridgehead atoms. The molecule has 2 aromatic carbocycles. The molecule has 0 N–H and O–H groups in total. The van der Waals surface area contributed by atoms with Crippen molar-refractivity contribution in [1.82, 2.24) is 4.57 Å². The number of esters is 2. The normalized spacial score (nSPS) is 14.9. The Morgan fingerprint density at radius 2 is 1.93 bits per heavy atom. The SMILES string of the molecule is CCOC(=O)COc1c(I)cc(/C=c2\sc3n(c2=O)[C@@H](c2ccc(SC)cc2)C(C(=O)OC(C)C)=C(C)N=3)cc1OC. The van der Waals surface area contributed by atoms with E-state index in [9.17, 15) is 14.4 Å². The highest BCUT2D eigenvalue weighted by Gasteiger charge is 2.33. The minimum absolute atomic E-state index is 0.253. The number of fused-ring (bicyclic) bond motifs is 1. The van der Waals surface area contributed by atoms with Gasteiger partial charge in [-0.25, -0.2) is 14.6 Å². The van der Waals surface area contributed by atoms with Crippen molar-refractivity contribution in [2.45, 2.75) is 44.7 Å². The second-order valence-electron chi connectivity index (χ2n) is 9.44. The Morgan fingerprint density at radius 3 is 2.55 bits per heavy atom. The predicted octanol–water partition coefficient (Wildman–Crippen LogP) is 4.46. The lowest BCUT2D eigenvalue weighted by Crippen LogP contribution is -2.40. The number of hydrogen-bond donors (Lipinski definition) is 0. The molecule has 0 amide bonds. The number of rotatable bonds is 10. The minimum atomic E-state index is -0.695. The third kappa shape index (κ3) is 6.92. The Hall–Kier alpha value is -3.10. The second kappa shape index (κ2) is 13.9. The first-order chi connectivity index (χ1) is 20.1. The molecule has 1 aromatic heterocycles. The molecule has 1 atom stereocenters. The summed E-state index contributed by atoms with van der Waals surface area (Å²) in [6.45, 7) is 7.07. The monoisotopic (exact) mass is 722 g/mol. The molecule has 0 unspecified atom stereocenters. The van der Waals surface area contributed by atoms with Gasteiger partial charge in [0.05, 0.1) is 45.2 Å². The Bertz CT molecular complexity index is 1710. The first-order valence-electron chi connectivity index (χ1n) is 13.1. The van der Waals surface area contributed by atoms with Crippen LogP contribution in [0.5, 0.6) is 11.5 Å². The fraction of sp³-hybridized carbons (Fsp3) is 0.333. The van der Waals surface area contributed by atoms with E-state index in [1.165, 1.54) is 18.4 Å². The highest BCUT2D eigenvalue weighted by atomic mass is 127. The van der Waals surface area contributed by atoms with Gasteiger partial charge in [-0.15, -0.1) is 11.8 Å². The molecule has 0 saturated heterocycles. The average molecular weight is 723 g/mol. The smallest absolute Gasteiger partial charge is 0.344 e. The zero-order valence-corrected chi connectivity index (χ0v) is 27.8. The zero-order valence-electron chi connectivity index (χ0n) is 24.1. The number of halogens is 1. The summed E-state index contributed by atoms with van der Waals surface area (Å²) in [4.78, 5) is 45.3. The molecule has 222 valence electrons. The third-order valence-corrected chi connectivity index (χ3v) is 8.73. The van der Waals surface area contributed by atoms with Crippen LogP contribution in [0.1, 0.15) is 44.9 Å². The highest BCUT2D eigenvalue weighted by Crippen LogP contribution is 2.35. The maximum atomic E-state index is 14.0. The molecule has 3 aromatic rings. The Balaban J connectivity index is 1.82. The highest BCUT2D eigenvalue weighted by molar-refractivity contribution is 14.1. The van der Waals surface area contributed by atoms with Gasteiger partial charge in [0, 0.05) is 4.90 Å². The summed E-state index contributed by atoms with van der Waals surface area (Å²) in [6, 6.07) is 10.7. The zero-order chi connectivity index (χ0) is 30.6. The summed E-state index contributed by atoms with van der Waals surface area (Å²) < 4.78 is 24.4. The van der Waals surface area contributed by atoms with Crippen LogP contribution in [-0.4, -0.2) is 49.2 Å². The first-order valence-corrected chi connectivity index (χ1v) is 16.2. The van der Waals surface area contributed by atoms with Crippen LogP contribution in [0, 0.1) is 3.57 Å². The van der Waals surface area contributed by atoms with E-state index in [4.69, 9.17) is 18.9 Å². The topological polar surface area (TPSA) is 105 Å². The first kappa shape index (κ1) is 31.8. The van der Waals surface area contributed by atoms with Crippen molar-refractivity contribution in [3.8, 4) is 11.5 Å². The van der Waals surface area contributed by atoms with Gasteiger partial charge in [-0.2, -0.15) is 0 Å². The van der Waals surface area contributed by atoms with Gasteiger partial charge >= 0.3 is 11.9 Å². The van der Waals surface area contributed by atoms with E-state index in [-0.39, 0.29) is 24.9 Å². The second-order valence-corrected chi connectivity index (χ2v) is 12.5. The maximum absolute atomic E-state index is 14.0. The molecule has 0 radical (unpaired) electrons. The number of ether oxygens (including phenoxy) is 4. The van der Waals surface area contributed by atoms with Crippen LogP contribution in [0.4, 0.5) is 0 Å². The van der Waals surface area contributed by atoms with Crippen molar-refractivity contribution < 1.29 is 28.5 Å². The number of nitrogens with zero attached hydrogens (tertiary/aromatic N) is 2. The van der Waals surface area contributed by atoms with Crippen molar-refractivity contribution in [3.63, 3.8) is 0 Å². The molecular formula is C30H31IN2O7S2. The van der Waals surface area contributed by atoms with Crippen molar-refractivity contribution in [1.29, 1.82) is 0 Å². The summed E-state index contributed by atoms with van der Waals surface area (Å²) >= 11 is 4.94. The molecule has 0 saturated carbocycles. The predicted molar refractivity (Wildman–Crippen MR) is 171 cm³/mol. The van der Waals surface area contributed by atoms with Gasteiger partial charge in [0.25, 0.3) is 5.56 Å². The molecule has 0 fully saturated rings. The standard InChI is InChI=1S/C30H31IN2O7S2/c1-7-38-24(34)15-39-27-21(31)12-18(13-22(27)37-5)14-23-28(35)33-26(19-8-10-20(41-6)11-9-19)25(29(36)40-16(2)3)17(4)32-30(33)42-23/h8-14,16,26H,7,15H2,1-6H3/b23-14-/t26-/m0/s1. The summed E-state index contributed by atoms with van der Waals surface area (Å²) in [5.41, 5.74) is 2.04. The molecule has 42 heavy (non-hydrogen) atoms. The molecule has 4 rings (SSSR count). The summed E-state index contributed by atoms with van der Waals surface area (Å²) in [6.07, 6.45) is 3.41. The number of hydrogen-bond acceptors (Lipinski definition) is 10. The van der Waals surface area contributed by atoms with Gasteiger partial charge in [-0.3, -0.25) is 9.36 Å². The summed E-state index contributed by atoms with van der Waals surface area (Å²) in [5.74, 6) is -0.170. The Labute approximate surface area is 265 Å². The maximum Gasteiger partial charge on any atom is 0.344 e. The van der Waals surface area contributed by atoms with Crippen LogP contribution in [0.2, 0.25) is 0 Å². The van der Waals surface area contributed by atoms with E-state index >= 15 is 0 Å². The quantitative estimate of drug-likeness (QED) is 0.172. The fourth-order valence-corrected chi connectivity index (χ4v) is 6.65. The van der Waals surface area contributed by atoms with E-state index < -0.39 is 18.0 Å². The minimum Gasteiger partial charge on any atom is -0.493 e. The van der Waals surface area contributed by atoms with Crippen molar-refractivity contribution >= 4 is 63.7 Å². The van der Waals surface area contributed by atoms with E-state index in [1.807, 2.05) is 36.6 Å². The number of benzene rings is 2. The molecule has 12 heteroatoms. The lowest BCUT2D eigenvalue weighted by atomic mass is 9.96. The molecular weight excluding hydrogens is 691 g/mol. The number of carbonyl (C=O) groups excluding carboxylic acids is 2. The van der Waals surface area contributed by atoms with Crippen molar-refractivity contribution in [3.05, 3.63) is 82.1 Å². The van der Waals surface area contributed by atoms with Crippen LogP contribution in [0.3, 0.4) is 0 Å². The molecule has 1 aliphatic heterocycles. The molecule has 2 heterocycles. The van der Waals surface area contributed by atoms with Gasteiger partial charge in [-0.05, 0) is 98.0 Å². The summed E-state index contributed by atoms with van der Waals surface area (Å²) in [5, 5.41) is 0. The van der Waals surface area contributed by atoms with Crippen LogP contribution in [0.25, 0.3) is 6.08 Å². The summed E-state index contributed by atoms with van der Waals surface area (Å²) in [7, 11) is 1.50. The van der Waals surface area contributed by atoms with Gasteiger partial charge in [0.15, 0.2) is 22.9 Å². The van der Waals surface area contributed by atoms with Crippen molar-refractivity contribution in [2.24, 2.45) is 4.99 Å². The van der Waals surface area contributed by atoms with E-state index in [1.54, 1.807) is 56.2 Å². The molecule has 0 aliphatic carbocycles. The number of carbonyl (C=O) groups is 2. The molecule has 1 aliphatic rings. The number of allylic oxidation sites excluding steroid dienone is 1. The number of aromatic nitrogens is 1. The van der Waals surface area contributed by atoms with E-state index in [2.05, 4.69) is 27.6 Å². The molecule has 0 spiro atoms. The van der Waals surface area contributed by atoms with E-state index in [0.717, 1.165) is 10.5 Å².